The van der Waals surface area contributed by atoms with Gasteiger partial charge in [-0.2, -0.15) is 0 Å². The maximum Gasteiger partial charge on any atom is 0.338 e. The van der Waals surface area contributed by atoms with Crippen molar-refractivity contribution in [1.82, 2.24) is 0 Å². The number of hydrogen-bond donors (Lipinski definition) is 1. The summed E-state index contributed by atoms with van der Waals surface area (Å²) in [4.78, 5) is 24.7. The molecule has 1 aliphatic rings. The van der Waals surface area contributed by atoms with Crippen molar-refractivity contribution >= 4 is 11.9 Å². The van der Waals surface area contributed by atoms with E-state index in [1.165, 1.54) is 7.11 Å². The molecule has 0 saturated carbocycles. The zero-order valence-electron chi connectivity index (χ0n) is 16.5. The fraction of sp³-hybridized carbons (Fsp3) is 0.364. The number of methoxy groups -OCH3 is 1. The minimum absolute atomic E-state index is 0.199. The molecule has 0 amide bonds. The van der Waals surface area contributed by atoms with E-state index in [4.69, 9.17) is 18.9 Å². The molecule has 2 aromatic carbocycles. The summed E-state index contributed by atoms with van der Waals surface area (Å²) in [5.74, 6) is -1.14. The topological polar surface area (TPSA) is 91.3 Å². The predicted octanol–water partition coefficient (Wildman–Crippen LogP) is 2.42. The van der Waals surface area contributed by atoms with Crippen molar-refractivity contribution in [1.29, 1.82) is 0 Å². The van der Waals surface area contributed by atoms with Gasteiger partial charge in [-0.05, 0) is 38.1 Å². The number of esters is 2. The summed E-state index contributed by atoms with van der Waals surface area (Å²) in [6.07, 6.45) is -4.11. The Bertz CT molecular complexity index is 844. The highest BCUT2D eigenvalue weighted by Gasteiger charge is 2.47. The van der Waals surface area contributed by atoms with Gasteiger partial charge < -0.3 is 24.1 Å². The predicted molar refractivity (Wildman–Crippen MR) is 104 cm³/mol. The van der Waals surface area contributed by atoms with Crippen LogP contribution >= 0.6 is 0 Å². The molecule has 0 aromatic heterocycles. The zero-order chi connectivity index (χ0) is 21.0. The van der Waals surface area contributed by atoms with Gasteiger partial charge in [-0.15, -0.1) is 0 Å². The highest BCUT2D eigenvalue weighted by molar-refractivity contribution is 5.90. The Balaban J connectivity index is 1.66. The van der Waals surface area contributed by atoms with E-state index < -0.39 is 36.5 Å². The fourth-order valence-electron chi connectivity index (χ4n) is 2.99. The second-order valence-electron chi connectivity index (χ2n) is 6.97. The van der Waals surface area contributed by atoms with Gasteiger partial charge >= 0.3 is 11.9 Å². The molecule has 7 heteroatoms. The van der Waals surface area contributed by atoms with Crippen molar-refractivity contribution in [2.24, 2.45) is 0 Å². The van der Waals surface area contributed by atoms with Crippen LogP contribution in [0.1, 0.15) is 31.8 Å². The highest BCUT2D eigenvalue weighted by atomic mass is 16.7. The molecule has 154 valence electrons. The van der Waals surface area contributed by atoms with E-state index in [1.807, 2.05) is 13.8 Å². The number of aliphatic hydroxyl groups excluding tert-OH is 1. The Morgan fingerprint density at radius 2 is 1.45 bits per heavy atom. The summed E-state index contributed by atoms with van der Waals surface area (Å²) < 4.78 is 21.4. The largest absolute Gasteiger partial charge is 0.459 e. The van der Waals surface area contributed by atoms with Gasteiger partial charge in [0.1, 0.15) is 18.8 Å². The number of ether oxygens (including phenoxy) is 4. The first-order chi connectivity index (χ1) is 13.9. The molecular formula is C22H24O7. The van der Waals surface area contributed by atoms with Gasteiger partial charge in [-0.1, -0.05) is 35.4 Å². The van der Waals surface area contributed by atoms with E-state index in [1.54, 1.807) is 48.5 Å². The summed E-state index contributed by atoms with van der Waals surface area (Å²) in [7, 11) is 1.37. The van der Waals surface area contributed by atoms with Crippen LogP contribution in [0.5, 0.6) is 0 Å². The number of benzene rings is 2. The van der Waals surface area contributed by atoms with Gasteiger partial charge in [-0.3, -0.25) is 0 Å². The first-order valence-corrected chi connectivity index (χ1v) is 9.27. The smallest absolute Gasteiger partial charge is 0.338 e. The molecule has 0 radical (unpaired) electrons. The second-order valence-corrected chi connectivity index (χ2v) is 6.97. The third-order valence-electron chi connectivity index (χ3n) is 4.72. The number of carbonyl (C=O) groups excluding carboxylic acids is 2. The van der Waals surface area contributed by atoms with Crippen molar-refractivity contribution in [3.05, 3.63) is 70.8 Å². The second kappa shape index (κ2) is 9.17. The van der Waals surface area contributed by atoms with Crippen molar-refractivity contribution in [3.63, 3.8) is 0 Å². The van der Waals surface area contributed by atoms with Gasteiger partial charge in [0, 0.05) is 7.11 Å². The van der Waals surface area contributed by atoms with Gasteiger partial charge in [0.2, 0.25) is 0 Å². The monoisotopic (exact) mass is 400 g/mol. The third-order valence-corrected chi connectivity index (χ3v) is 4.72. The summed E-state index contributed by atoms with van der Waals surface area (Å²) in [5, 5.41) is 10.4. The molecule has 0 spiro atoms. The minimum Gasteiger partial charge on any atom is -0.459 e. The molecule has 1 N–H and O–H groups in total. The average molecular weight is 400 g/mol. The molecule has 4 atom stereocenters. The van der Waals surface area contributed by atoms with E-state index in [0.717, 1.165) is 11.1 Å². The normalized spacial score (nSPS) is 23.6. The first-order valence-electron chi connectivity index (χ1n) is 9.27. The number of aryl methyl sites for hydroxylation is 2. The molecule has 0 aliphatic carbocycles. The number of carbonyl (C=O) groups is 2. The van der Waals surface area contributed by atoms with Crippen LogP contribution in [0, 0.1) is 13.8 Å². The van der Waals surface area contributed by atoms with E-state index in [0.29, 0.717) is 11.1 Å². The molecular weight excluding hydrogens is 376 g/mol. The molecule has 7 nitrogen and oxygen atoms in total. The van der Waals surface area contributed by atoms with Crippen molar-refractivity contribution in [2.45, 2.75) is 38.4 Å². The Morgan fingerprint density at radius 3 is 1.97 bits per heavy atom. The van der Waals surface area contributed by atoms with Crippen LogP contribution in [-0.2, 0) is 18.9 Å². The van der Waals surface area contributed by atoms with Gasteiger partial charge in [-0.25, -0.2) is 9.59 Å². The van der Waals surface area contributed by atoms with Crippen LogP contribution in [0.2, 0.25) is 0 Å². The lowest BCUT2D eigenvalue weighted by atomic mass is 10.1. The van der Waals surface area contributed by atoms with Crippen LogP contribution in [0.25, 0.3) is 0 Å². The van der Waals surface area contributed by atoms with Crippen molar-refractivity contribution < 1.29 is 33.6 Å². The average Bonchev–Trinajstić information content (AvgIpc) is 3.02. The Kier molecular flexibility index (Phi) is 6.64. The van der Waals surface area contributed by atoms with Crippen LogP contribution in [0.4, 0.5) is 0 Å². The molecule has 3 rings (SSSR count). The van der Waals surface area contributed by atoms with Crippen LogP contribution < -0.4 is 0 Å². The molecule has 1 heterocycles. The fourth-order valence-corrected chi connectivity index (χ4v) is 2.99. The Hall–Kier alpha value is -2.74. The lowest BCUT2D eigenvalue weighted by Gasteiger charge is -2.20. The van der Waals surface area contributed by atoms with Gasteiger partial charge in [0.15, 0.2) is 12.4 Å². The number of rotatable bonds is 6. The van der Waals surface area contributed by atoms with E-state index >= 15 is 0 Å². The standard InChI is InChI=1S/C22H24O7/c1-13-4-8-15(9-5-13)20(24)27-12-17-19(18(23)22(26-3)28-17)29-21(25)16-10-6-14(2)7-11-16/h4-11,17-19,22-23H,12H2,1-3H3/t17-,18+,19-,22?/m0/s1. The van der Waals surface area contributed by atoms with E-state index in [2.05, 4.69) is 0 Å². The summed E-state index contributed by atoms with van der Waals surface area (Å²) >= 11 is 0. The maximum absolute atomic E-state index is 12.5. The molecule has 1 aliphatic heterocycles. The minimum atomic E-state index is -1.21. The first kappa shape index (κ1) is 21.0. The molecule has 1 fully saturated rings. The van der Waals surface area contributed by atoms with E-state index in [-0.39, 0.29) is 6.61 Å². The molecule has 1 saturated heterocycles. The molecule has 29 heavy (non-hydrogen) atoms. The summed E-state index contributed by atoms with van der Waals surface area (Å²) in [6.45, 7) is 3.63. The highest BCUT2D eigenvalue weighted by Crippen LogP contribution is 2.26. The Morgan fingerprint density at radius 1 is 0.931 bits per heavy atom. The van der Waals surface area contributed by atoms with Crippen LogP contribution in [-0.4, -0.2) is 55.4 Å². The third kappa shape index (κ3) is 5.00. The van der Waals surface area contributed by atoms with Crippen LogP contribution in [0.15, 0.2) is 48.5 Å². The van der Waals surface area contributed by atoms with Crippen molar-refractivity contribution in [3.8, 4) is 0 Å². The lowest BCUT2D eigenvalue weighted by molar-refractivity contribution is -0.153. The van der Waals surface area contributed by atoms with Gasteiger partial charge in [0.05, 0.1) is 11.1 Å². The SMILES string of the molecule is COC1O[C@@H](COC(=O)c2ccc(C)cc2)[C@H](OC(=O)c2ccc(C)cc2)[C@H]1O. The Labute approximate surface area is 169 Å². The number of hydrogen-bond acceptors (Lipinski definition) is 7. The summed E-state index contributed by atoms with van der Waals surface area (Å²) in [5.41, 5.74) is 2.77. The van der Waals surface area contributed by atoms with E-state index in [9.17, 15) is 14.7 Å². The quantitative estimate of drug-likeness (QED) is 0.745. The van der Waals surface area contributed by atoms with Crippen molar-refractivity contribution in [2.75, 3.05) is 13.7 Å². The van der Waals surface area contributed by atoms with Crippen LogP contribution in [0.3, 0.4) is 0 Å². The molecule has 0 bridgehead atoms. The molecule has 1 unspecified atom stereocenters. The zero-order valence-corrected chi connectivity index (χ0v) is 16.5. The summed E-state index contributed by atoms with van der Waals surface area (Å²) in [6, 6.07) is 13.8. The molecule has 2 aromatic rings. The van der Waals surface area contributed by atoms with Gasteiger partial charge in [0.25, 0.3) is 0 Å². The maximum atomic E-state index is 12.5. The number of aliphatic hydroxyl groups is 1. The lowest BCUT2D eigenvalue weighted by Crippen LogP contribution is -2.39.